The Morgan fingerprint density at radius 2 is 1.79 bits per heavy atom. The van der Waals surface area contributed by atoms with Crippen LogP contribution in [0.1, 0.15) is 53.3 Å². The lowest BCUT2D eigenvalue weighted by Gasteiger charge is -2.18. The summed E-state index contributed by atoms with van der Waals surface area (Å²) in [5.74, 6) is -1.48. The van der Waals surface area contributed by atoms with Crippen LogP contribution < -0.4 is 10.7 Å². The van der Waals surface area contributed by atoms with Crippen LogP contribution in [0.3, 0.4) is 0 Å². The van der Waals surface area contributed by atoms with E-state index in [9.17, 15) is 24.6 Å². The predicted molar refractivity (Wildman–Crippen MR) is 130 cm³/mol. The number of fused-ring (bicyclic) bond motifs is 2. The minimum atomic E-state index is -1.24. The number of unbranched alkanes of at least 4 members (excludes halogenated alkanes) is 3. The number of carboxylic acids is 1. The molecule has 7 heteroatoms. The Kier molecular flexibility index (Phi) is 6.63. The maximum absolute atomic E-state index is 12.9. The van der Waals surface area contributed by atoms with E-state index in [1.807, 2.05) is 0 Å². The number of carbonyl (C=O) groups is 2. The molecule has 0 spiro atoms. The molecule has 0 radical (unpaired) electrons. The molecule has 0 unspecified atom stereocenters. The van der Waals surface area contributed by atoms with Crippen LogP contribution >= 0.6 is 0 Å². The summed E-state index contributed by atoms with van der Waals surface area (Å²) >= 11 is 0. The molecule has 34 heavy (non-hydrogen) atoms. The molecule has 0 saturated carbocycles. The molecular formula is C27H25NO6. The molecule has 174 valence electrons. The summed E-state index contributed by atoms with van der Waals surface area (Å²) in [7, 11) is 0. The molecule has 4 rings (SSSR count). The fourth-order valence-corrected chi connectivity index (χ4v) is 4.18. The lowest BCUT2D eigenvalue weighted by Crippen LogP contribution is -2.26. The SMILES string of the molecule is CCCCCCNC(=O)c1cccc(-c2c3ccc(=O)cc-3oc3cc(O)ccc23)c1C(=O)O. The van der Waals surface area contributed by atoms with E-state index in [2.05, 4.69) is 12.2 Å². The first-order chi connectivity index (χ1) is 16.4. The van der Waals surface area contributed by atoms with E-state index in [1.54, 1.807) is 24.3 Å². The predicted octanol–water partition coefficient (Wildman–Crippen LogP) is 5.28. The molecule has 2 aliphatic rings. The highest BCUT2D eigenvalue weighted by Crippen LogP contribution is 2.42. The third-order valence-corrected chi connectivity index (χ3v) is 5.79. The van der Waals surface area contributed by atoms with E-state index in [-0.39, 0.29) is 33.6 Å². The van der Waals surface area contributed by atoms with Gasteiger partial charge in [0, 0.05) is 35.2 Å². The van der Waals surface area contributed by atoms with E-state index in [0.717, 1.165) is 25.7 Å². The first-order valence-electron chi connectivity index (χ1n) is 11.2. The third-order valence-electron chi connectivity index (χ3n) is 5.79. The molecule has 3 N–H and O–H groups in total. The zero-order chi connectivity index (χ0) is 24.2. The lowest BCUT2D eigenvalue weighted by molar-refractivity contribution is 0.0692. The van der Waals surface area contributed by atoms with Crippen molar-refractivity contribution >= 4 is 22.8 Å². The largest absolute Gasteiger partial charge is 0.508 e. The van der Waals surface area contributed by atoms with E-state index in [0.29, 0.717) is 28.6 Å². The molecular weight excluding hydrogens is 434 g/mol. The zero-order valence-corrected chi connectivity index (χ0v) is 18.8. The van der Waals surface area contributed by atoms with E-state index in [1.165, 1.54) is 30.3 Å². The van der Waals surface area contributed by atoms with E-state index >= 15 is 0 Å². The van der Waals surface area contributed by atoms with Crippen LogP contribution in [0.15, 0.2) is 63.8 Å². The fourth-order valence-electron chi connectivity index (χ4n) is 4.18. The number of nitrogens with one attached hydrogen (secondary N) is 1. The summed E-state index contributed by atoms with van der Waals surface area (Å²) in [5, 5.41) is 23.5. The van der Waals surface area contributed by atoms with Crippen LogP contribution in [0.2, 0.25) is 0 Å². The Hall–Kier alpha value is -4.13. The standard InChI is InChI=1S/C27H25NO6/c1-2-3-4-5-13-28-26(31)21-8-6-7-20(25(21)27(32)33)24-18-11-9-16(29)14-22(18)34-23-15-17(30)10-12-19(23)24/h6-12,14-15,29H,2-5,13H2,1H3,(H,28,31)(H,32,33). The Labute approximate surface area is 196 Å². The topological polar surface area (TPSA) is 117 Å². The molecule has 0 atom stereocenters. The van der Waals surface area contributed by atoms with Crippen molar-refractivity contribution < 1.29 is 24.2 Å². The molecule has 7 nitrogen and oxygen atoms in total. The van der Waals surface area contributed by atoms with Gasteiger partial charge in [-0.15, -0.1) is 0 Å². The third kappa shape index (κ3) is 4.50. The first-order valence-corrected chi connectivity index (χ1v) is 11.2. The van der Waals surface area contributed by atoms with E-state index in [4.69, 9.17) is 4.42 Å². The summed E-state index contributed by atoms with van der Waals surface area (Å²) in [6.07, 6.45) is 3.96. The van der Waals surface area contributed by atoms with Crippen molar-refractivity contribution in [2.45, 2.75) is 32.6 Å². The van der Waals surface area contributed by atoms with Gasteiger partial charge in [-0.3, -0.25) is 9.59 Å². The van der Waals surface area contributed by atoms with Crippen molar-refractivity contribution in [3.63, 3.8) is 0 Å². The van der Waals surface area contributed by atoms with Crippen molar-refractivity contribution in [3.05, 3.63) is 75.9 Å². The summed E-state index contributed by atoms with van der Waals surface area (Å²) in [5.41, 5.74) is 1.29. The normalized spacial score (nSPS) is 11.1. The molecule has 0 bridgehead atoms. The second-order valence-corrected chi connectivity index (χ2v) is 8.17. The first kappa shape index (κ1) is 23.0. The average molecular weight is 459 g/mol. The number of carboxylic acid groups (broad SMARTS) is 1. The molecule has 1 amide bonds. The number of phenolic OH excluding ortho intramolecular Hbond substituents is 1. The van der Waals surface area contributed by atoms with Crippen molar-refractivity contribution in [2.75, 3.05) is 6.54 Å². The number of aromatic carboxylic acids is 1. The summed E-state index contributed by atoms with van der Waals surface area (Å²) < 4.78 is 5.85. The number of phenols is 1. The molecule has 1 aliphatic carbocycles. The quantitative estimate of drug-likeness (QED) is 0.244. The minimum Gasteiger partial charge on any atom is -0.508 e. The number of amides is 1. The van der Waals surface area contributed by atoms with Crippen LogP contribution in [0.4, 0.5) is 0 Å². The van der Waals surface area contributed by atoms with E-state index < -0.39 is 11.9 Å². The Bertz CT molecular complexity index is 1400. The number of aromatic hydroxyl groups is 1. The van der Waals surface area contributed by atoms with Gasteiger partial charge in [-0.1, -0.05) is 38.3 Å². The molecule has 1 heterocycles. The molecule has 0 fully saturated rings. The van der Waals surface area contributed by atoms with Crippen LogP contribution in [-0.4, -0.2) is 28.6 Å². The number of benzene rings is 3. The van der Waals surface area contributed by atoms with Gasteiger partial charge < -0.3 is 19.9 Å². The fraction of sp³-hybridized carbons (Fsp3) is 0.222. The highest BCUT2D eigenvalue weighted by atomic mass is 16.4. The van der Waals surface area contributed by atoms with Gasteiger partial charge in [-0.05, 0) is 42.3 Å². The minimum absolute atomic E-state index is 0.0329. The van der Waals surface area contributed by atoms with Crippen molar-refractivity contribution in [1.29, 1.82) is 0 Å². The van der Waals surface area contributed by atoms with Crippen molar-refractivity contribution in [3.8, 4) is 28.2 Å². The van der Waals surface area contributed by atoms with Crippen LogP contribution in [0.5, 0.6) is 5.75 Å². The number of hydrogen-bond donors (Lipinski definition) is 3. The van der Waals surface area contributed by atoms with Gasteiger partial charge in [0.1, 0.15) is 17.1 Å². The smallest absolute Gasteiger partial charge is 0.337 e. The molecule has 0 saturated heterocycles. The van der Waals surface area contributed by atoms with Gasteiger partial charge in [-0.2, -0.15) is 0 Å². The van der Waals surface area contributed by atoms with Gasteiger partial charge in [0.15, 0.2) is 5.43 Å². The summed E-state index contributed by atoms with van der Waals surface area (Å²) in [6, 6.07) is 13.5. The van der Waals surface area contributed by atoms with Crippen LogP contribution in [-0.2, 0) is 0 Å². The number of rotatable bonds is 8. The maximum atomic E-state index is 12.9. The van der Waals surface area contributed by atoms with Crippen molar-refractivity contribution in [2.24, 2.45) is 0 Å². The highest BCUT2D eigenvalue weighted by molar-refractivity contribution is 6.13. The Morgan fingerprint density at radius 3 is 2.56 bits per heavy atom. The number of carbonyl (C=O) groups excluding carboxylic acids is 1. The summed E-state index contributed by atoms with van der Waals surface area (Å²) in [6.45, 7) is 2.57. The second kappa shape index (κ2) is 9.79. The summed E-state index contributed by atoms with van der Waals surface area (Å²) in [4.78, 5) is 37.3. The zero-order valence-electron chi connectivity index (χ0n) is 18.8. The molecule has 0 aromatic heterocycles. The lowest BCUT2D eigenvalue weighted by atomic mass is 9.88. The Balaban J connectivity index is 1.90. The Morgan fingerprint density at radius 1 is 0.971 bits per heavy atom. The highest BCUT2D eigenvalue weighted by Gasteiger charge is 2.26. The number of hydrogen-bond acceptors (Lipinski definition) is 5. The van der Waals surface area contributed by atoms with Crippen LogP contribution in [0, 0.1) is 0 Å². The molecule has 1 aliphatic heterocycles. The van der Waals surface area contributed by atoms with Gasteiger partial charge in [0.05, 0.1) is 11.1 Å². The van der Waals surface area contributed by atoms with Crippen LogP contribution in [0.25, 0.3) is 33.4 Å². The van der Waals surface area contributed by atoms with Gasteiger partial charge in [0.25, 0.3) is 5.91 Å². The second-order valence-electron chi connectivity index (χ2n) is 8.17. The van der Waals surface area contributed by atoms with Gasteiger partial charge >= 0.3 is 5.97 Å². The van der Waals surface area contributed by atoms with Crippen molar-refractivity contribution in [1.82, 2.24) is 5.32 Å². The maximum Gasteiger partial charge on any atom is 0.337 e. The monoisotopic (exact) mass is 459 g/mol. The molecule has 2 aromatic carbocycles. The van der Waals surface area contributed by atoms with Gasteiger partial charge in [0.2, 0.25) is 0 Å². The van der Waals surface area contributed by atoms with Gasteiger partial charge in [-0.25, -0.2) is 4.79 Å². The molecule has 2 aromatic rings. The average Bonchev–Trinajstić information content (AvgIpc) is 2.81.